The van der Waals surface area contributed by atoms with Crippen LogP contribution in [0.2, 0.25) is 0 Å². The third kappa shape index (κ3) is 10.6. The smallest absolute Gasteiger partial charge is 0.237 e. The second-order valence-electron chi connectivity index (χ2n) is 3.03. The molecule has 0 bridgehead atoms. The zero-order valence-corrected chi connectivity index (χ0v) is 9.59. The molecule has 0 aromatic heterocycles. The number of rotatable bonds is 10. The molecule has 0 fully saturated rings. The molecule has 0 saturated heterocycles. The van der Waals surface area contributed by atoms with Crippen LogP contribution in [0.1, 0.15) is 6.42 Å². The first kappa shape index (κ1) is 15.3. The van der Waals surface area contributed by atoms with Crippen LogP contribution in [0, 0.1) is 29.2 Å². The summed E-state index contributed by atoms with van der Waals surface area (Å²) in [6, 6.07) is 3.82. The van der Waals surface area contributed by atoms with Gasteiger partial charge in [0.05, 0.1) is 38.4 Å². The summed E-state index contributed by atoms with van der Waals surface area (Å²) in [5.41, 5.74) is 0. The Morgan fingerprint density at radius 3 is 2.53 bits per heavy atom. The molecule has 0 rings (SSSR count). The van der Waals surface area contributed by atoms with Gasteiger partial charge < -0.3 is 19.1 Å². The molecule has 17 heavy (non-hydrogen) atoms. The van der Waals surface area contributed by atoms with Gasteiger partial charge in [-0.15, -0.1) is 0 Å². The number of ether oxygens (including phenoxy) is 3. The summed E-state index contributed by atoms with van der Waals surface area (Å²) in [5, 5.41) is 16.7. The van der Waals surface area contributed by atoms with Gasteiger partial charge in [0.2, 0.25) is 6.54 Å². The van der Waals surface area contributed by atoms with Gasteiger partial charge in [0.15, 0.2) is 0 Å². The highest BCUT2D eigenvalue weighted by Gasteiger charge is 2.10. The van der Waals surface area contributed by atoms with Gasteiger partial charge >= 0.3 is 0 Å². The first-order valence-electron chi connectivity index (χ1n) is 5.19. The minimum atomic E-state index is -0.303. The molecule has 0 aliphatic rings. The average Bonchev–Trinajstić information content (AvgIpc) is 2.34. The Morgan fingerprint density at radius 2 is 1.88 bits per heavy atom. The predicted molar refractivity (Wildman–Crippen MR) is 58.7 cm³/mol. The molecule has 0 N–H and O–H groups in total. The first-order chi connectivity index (χ1) is 8.35. The zero-order valence-electron chi connectivity index (χ0n) is 9.59. The van der Waals surface area contributed by atoms with Gasteiger partial charge in [0.25, 0.3) is 0 Å². The van der Waals surface area contributed by atoms with E-state index in [1.54, 1.807) is 0 Å². The number of hydrogen-bond donors (Lipinski definition) is 0. The van der Waals surface area contributed by atoms with E-state index in [1.165, 1.54) is 0 Å². The molecular weight excluding hydrogens is 222 g/mol. The van der Waals surface area contributed by atoms with Gasteiger partial charge in [-0.25, -0.2) is 6.57 Å². The van der Waals surface area contributed by atoms with E-state index in [0.717, 1.165) is 0 Å². The fourth-order valence-corrected chi connectivity index (χ4v) is 0.977. The van der Waals surface area contributed by atoms with Crippen LogP contribution in [0.3, 0.4) is 0 Å². The summed E-state index contributed by atoms with van der Waals surface area (Å²) >= 11 is 0. The monoisotopic (exact) mass is 237 g/mol. The highest BCUT2D eigenvalue weighted by molar-refractivity contribution is 4.70. The summed E-state index contributed by atoms with van der Waals surface area (Å²) in [4.78, 5) is 3.15. The molecule has 0 aliphatic carbocycles. The predicted octanol–water partition coefficient (Wildman–Crippen LogP) is 0.761. The Balaban J connectivity index is 3.73. The van der Waals surface area contributed by atoms with E-state index in [9.17, 15) is 0 Å². The summed E-state index contributed by atoms with van der Waals surface area (Å²) in [6.45, 7) is 8.09. The van der Waals surface area contributed by atoms with Crippen molar-refractivity contribution in [1.29, 1.82) is 10.5 Å². The molecule has 1 atom stereocenters. The molecule has 0 amide bonds. The molecule has 0 spiro atoms. The number of nitrogens with zero attached hydrogens (tertiary/aromatic N) is 3. The van der Waals surface area contributed by atoms with Crippen molar-refractivity contribution in [2.45, 2.75) is 12.5 Å². The van der Waals surface area contributed by atoms with Crippen LogP contribution in [0.25, 0.3) is 4.85 Å². The van der Waals surface area contributed by atoms with Gasteiger partial charge in [-0.2, -0.15) is 10.5 Å². The molecule has 0 aliphatic heterocycles. The molecule has 0 aromatic rings. The molecular formula is C11H15N3O3. The second-order valence-corrected chi connectivity index (χ2v) is 3.03. The van der Waals surface area contributed by atoms with Crippen LogP contribution in [-0.4, -0.2) is 45.7 Å². The summed E-state index contributed by atoms with van der Waals surface area (Å²) < 4.78 is 15.6. The van der Waals surface area contributed by atoms with Crippen molar-refractivity contribution in [2.75, 3.05) is 39.6 Å². The van der Waals surface area contributed by atoms with Gasteiger partial charge in [-0.3, -0.25) is 0 Å². The number of nitriles is 2. The molecule has 0 aromatic carbocycles. The van der Waals surface area contributed by atoms with Crippen molar-refractivity contribution in [1.82, 2.24) is 0 Å². The van der Waals surface area contributed by atoms with E-state index in [1.807, 2.05) is 12.1 Å². The Kier molecular flexibility index (Phi) is 11.2. The fourth-order valence-electron chi connectivity index (χ4n) is 0.977. The highest BCUT2D eigenvalue weighted by atomic mass is 16.6. The van der Waals surface area contributed by atoms with Gasteiger partial charge in [0, 0.05) is 0 Å². The van der Waals surface area contributed by atoms with Crippen molar-refractivity contribution < 1.29 is 14.2 Å². The molecule has 0 saturated carbocycles. The minimum absolute atomic E-state index is 0.000162. The van der Waals surface area contributed by atoms with Crippen LogP contribution in [0.15, 0.2) is 0 Å². The van der Waals surface area contributed by atoms with E-state index < -0.39 is 0 Å². The van der Waals surface area contributed by atoms with Crippen molar-refractivity contribution in [3.8, 4) is 12.1 Å². The van der Waals surface area contributed by atoms with E-state index in [4.69, 9.17) is 31.3 Å². The van der Waals surface area contributed by atoms with Crippen LogP contribution in [0.5, 0.6) is 0 Å². The number of hydrogen-bond acceptors (Lipinski definition) is 5. The quantitative estimate of drug-likeness (QED) is 0.414. The van der Waals surface area contributed by atoms with Crippen molar-refractivity contribution >= 4 is 0 Å². The van der Waals surface area contributed by atoms with Gasteiger partial charge in [0.1, 0.15) is 19.3 Å². The maximum absolute atomic E-state index is 8.37. The largest absolute Gasteiger partial charge is 0.372 e. The normalized spacial score (nSPS) is 11.1. The lowest BCUT2D eigenvalue weighted by Crippen LogP contribution is -2.26. The third-order valence-electron chi connectivity index (χ3n) is 1.69. The first-order valence-corrected chi connectivity index (χ1v) is 5.19. The fraction of sp³-hybridized carbons (Fsp3) is 0.727. The Bertz CT molecular complexity index is 281. The summed E-state index contributed by atoms with van der Waals surface area (Å²) in [5.74, 6) is 0. The lowest BCUT2D eigenvalue weighted by atomic mass is 10.4. The maximum Gasteiger partial charge on any atom is 0.237 e. The van der Waals surface area contributed by atoms with Gasteiger partial charge in [-0.05, 0) is 0 Å². The van der Waals surface area contributed by atoms with Crippen LogP contribution < -0.4 is 0 Å². The Labute approximate surface area is 101 Å². The molecule has 6 heteroatoms. The van der Waals surface area contributed by atoms with Crippen LogP contribution >= 0.6 is 0 Å². The van der Waals surface area contributed by atoms with Crippen LogP contribution in [-0.2, 0) is 14.2 Å². The summed E-state index contributed by atoms with van der Waals surface area (Å²) in [7, 11) is 0. The summed E-state index contributed by atoms with van der Waals surface area (Å²) in [6.07, 6.45) is -0.000918. The van der Waals surface area contributed by atoms with E-state index in [0.29, 0.717) is 32.8 Å². The van der Waals surface area contributed by atoms with Crippen molar-refractivity contribution in [2.24, 2.45) is 0 Å². The molecule has 0 radical (unpaired) electrons. The van der Waals surface area contributed by atoms with E-state index >= 15 is 0 Å². The zero-order chi connectivity index (χ0) is 12.8. The van der Waals surface area contributed by atoms with Crippen molar-refractivity contribution in [3.05, 3.63) is 11.4 Å². The second kappa shape index (κ2) is 12.4. The topological polar surface area (TPSA) is 79.6 Å². The molecule has 0 heterocycles. The molecule has 1 unspecified atom stereocenters. The maximum atomic E-state index is 8.37. The third-order valence-corrected chi connectivity index (χ3v) is 1.69. The standard InChI is InChI=1S/C11H15N3O3/c1-14-5-8-16-10-11(9-15-7-4-13)17-6-2-3-12/h11H,2,5-10H2. The lowest BCUT2D eigenvalue weighted by Gasteiger charge is -2.16. The van der Waals surface area contributed by atoms with Crippen molar-refractivity contribution in [3.63, 3.8) is 0 Å². The lowest BCUT2D eigenvalue weighted by molar-refractivity contribution is -0.0522. The average molecular weight is 237 g/mol. The van der Waals surface area contributed by atoms with Crippen LogP contribution in [0.4, 0.5) is 0 Å². The van der Waals surface area contributed by atoms with Gasteiger partial charge in [-0.1, -0.05) is 0 Å². The molecule has 6 nitrogen and oxygen atoms in total. The minimum Gasteiger partial charge on any atom is -0.372 e. The molecule has 92 valence electrons. The Hall–Kier alpha value is -1.65. The Morgan fingerprint density at radius 1 is 1.12 bits per heavy atom. The van der Waals surface area contributed by atoms with E-state index in [-0.39, 0.29) is 19.3 Å². The van der Waals surface area contributed by atoms with E-state index in [2.05, 4.69) is 4.85 Å². The SMILES string of the molecule is [C-]#[N+]CCOCC(COCC#N)OCCC#N. The highest BCUT2D eigenvalue weighted by Crippen LogP contribution is 1.97.